The normalized spacial score (nSPS) is 9.79. The first kappa shape index (κ1) is 10.2. The molecule has 0 radical (unpaired) electrons. The Morgan fingerprint density at radius 3 is 2.86 bits per heavy atom. The minimum Gasteiger partial charge on any atom is -0.465 e. The van der Waals surface area contributed by atoms with Crippen molar-refractivity contribution < 1.29 is 14.3 Å². The van der Waals surface area contributed by atoms with E-state index in [9.17, 15) is 9.59 Å². The highest BCUT2D eigenvalue weighted by Gasteiger charge is 2.07. The first-order valence-electron chi connectivity index (χ1n) is 4.11. The summed E-state index contributed by atoms with van der Waals surface area (Å²) in [5.74, 6) is -0.966. The van der Waals surface area contributed by atoms with E-state index in [-0.39, 0.29) is 12.1 Å². The predicted octanol–water partition coefficient (Wildman–Crippen LogP) is -0.455. The fourth-order valence-electron chi connectivity index (χ4n) is 0.916. The molecule has 0 fully saturated rings. The Morgan fingerprint density at radius 2 is 2.36 bits per heavy atom. The zero-order valence-corrected chi connectivity index (χ0v) is 7.77. The number of ether oxygens (including phenoxy) is 1. The van der Waals surface area contributed by atoms with E-state index in [0.717, 1.165) is 0 Å². The molecule has 1 rings (SSSR count). The van der Waals surface area contributed by atoms with Crippen LogP contribution in [-0.4, -0.2) is 28.3 Å². The average molecular weight is 197 g/mol. The number of amides is 1. The number of nitrogens with zero attached hydrogens (tertiary/aromatic N) is 2. The second-order valence-electron chi connectivity index (χ2n) is 2.60. The molecule has 6 heteroatoms. The van der Waals surface area contributed by atoms with Crippen LogP contribution in [0.25, 0.3) is 0 Å². The van der Waals surface area contributed by atoms with Gasteiger partial charge in [-0.2, -0.15) is 5.10 Å². The van der Waals surface area contributed by atoms with Gasteiger partial charge in [0, 0.05) is 6.20 Å². The Balaban J connectivity index is 2.59. The molecule has 0 aliphatic rings. The summed E-state index contributed by atoms with van der Waals surface area (Å²) in [5.41, 5.74) is 5.28. The number of hydrogen-bond acceptors (Lipinski definition) is 4. The lowest BCUT2D eigenvalue weighted by atomic mass is 10.3. The lowest BCUT2D eigenvalue weighted by Gasteiger charge is -2.00. The van der Waals surface area contributed by atoms with E-state index < -0.39 is 11.9 Å². The molecule has 6 nitrogen and oxygen atoms in total. The molecule has 0 aromatic carbocycles. The number of carbonyl (C=O) groups is 2. The molecule has 2 N–H and O–H groups in total. The van der Waals surface area contributed by atoms with Crippen molar-refractivity contribution in [1.82, 2.24) is 9.78 Å². The molecule has 76 valence electrons. The summed E-state index contributed by atoms with van der Waals surface area (Å²) in [7, 11) is 0. The van der Waals surface area contributed by atoms with Crippen LogP contribution in [0.15, 0.2) is 12.4 Å². The summed E-state index contributed by atoms with van der Waals surface area (Å²) in [6, 6.07) is 0. The molecule has 0 bridgehead atoms. The van der Waals surface area contributed by atoms with Gasteiger partial charge in [-0.05, 0) is 6.92 Å². The topological polar surface area (TPSA) is 87.2 Å². The molecule has 1 aromatic rings. The van der Waals surface area contributed by atoms with Gasteiger partial charge in [0.05, 0.1) is 18.4 Å². The SMILES string of the molecule is CCOC(=O)Cn1cc(C(N)=O)cn1. The van der Waals surface area contributed by atoms with Gasteiger partial charge in [-0.25, -0.2) is 0 Å². The monoisotopic (exact) mass is 197 g/mol. The van der Waals surface area contributed by atoms with Crippen molar-refractivity contribution in [3.8, 4) is 0 Å². The standard InChI is InChI=1S/C8H11N3O3/c1-2-14-7(12)5-11-4-6(3-10-11)8(9)13/h3-4H,2,5H2,1H3,(H2,9,13). The van der Waals surface area contributed by atoms with Crippen LogP contribution in [0.1, 0.15) is 17.3 Å². The van der Waals surface area contributed by atoms with Crippen molar-refractivity contribution >= 4 is 11.9 Å². The maximum Gasteiger partial charge on any atom is 0.327 e. The molecule has 0 spiro atoms. The third-order valence-electron chi connectivity index (χ3n) is 1.51. The molecule has 0 aliphatic carbocycles. The number of primary amides is 1. The molecular weight excluding hydrogens is 186 g/mol. The van der Waals surface area contributed by atoms with Gasteiger partial charge in [-0.1, -0.05) is 0 Å². The summed E-state index contributed by atoms with van der Waals surface area (Å²) in [6.07, 6.45) is 2.71. The second kappa shape index (κ2) is 4.40. The molecule has 0 saturated carbocycles. The van der Waals surface area contributed by atoms with Gasteiger partial charge in [-0.15, -0.1) is 0 Å². The summed E-state index contributed by atoms with van der Waals surface area (Å²) >= 11 is 0. The third-order valence-corrected chi connectivity index (χ3v) is 1.51. The van der Waals surface area contributed by atoms with Gasteiger partial charge < -0.3 is 10.5 Å². The number of nitrogens with two attached hydrogens (primary N) is 1. The highest BCUT2D eigenvalue weighted by molar-refractivity contribution is 5.92. The van der Waals surface area contributed by atoms with Gasteiger partial charge in [0.1, 0.15) is 6.54 Å². The molecular formula is C8H11N3O3. The molecule has 0 atom stereocenters. The Hall–Kier alpha value is -1.85. The van der Waals surface area contributed by atoms with Crippen molar-refractivity contribution in [3.05, 3.63) is 18.0 Å². The Morgan fingerprint density at radius 1 is 1.64 bits per heavy atom. The smallest absolute Gasteiger partial charge is 0.327 e. The van der Waals surface area contributed by atoms with Gasteiger partial charge in [0.2, 0.25) is 0 Å². The Bertz CT molecular complexity index is 345. The van der Waals surface area contributed by atoms with E-state index in [0.29, 0.717) is 6.61 Å². The number of rotatable bonds is 4. The van der Waals surface area contributed by atoms with E-state index in [1.807, 2.05) is 0 Å². The Kier molecular flexibility index (Phi) is 3.22. The van der Waals surface area contributed by atoms with Gasteiger partial charge >= 0.3 is 5.97 Å². The van der Waals surface area contributed by atoms with Crippen molar-refractivity contribution in [2.75, 3.05) is 6.61 Å². The quantitative estimate of drug-likeness (QED) is 0.662. The molecule has 0 saturated heterocycles. The van der Waals surface area contributed by atoms with Crippen LogP contribution < -0.4 is 5.73 Å². The molecule has 0 aliphatic heterocycles. The molecule has 14 heavy (non-hydrogen) atoms. The highest BCUT2D eigenvalue weighted by atomic mass is 16.5. The lowest BCUT2D eigenvalue weighted by molar-refractivity contribution is -0.144. The van der Waals surface area contributed by atoms with Crippen LogP contribution in [0, 0.1) is 0 Å². The molecule has 0 unspecified atom stereocenters. The first-order chi connectivity index (χ1) is 6.63. The molecule has 1 heterocycles. The van der Waals surface area contributed by atoms with Crippen molar-refractivity contribution in [2.24, 2.45) is 5.73 Å². The van der Waals surface area contributed by atoms with Crippen molar-refractivity contribution in [1.29, 1.82) is 0 Å². The van der Waals surface area contributed by atoms with Gasteiger partial charge in [-0.3, -0.25) is 14.3 Å². The summed E-state index contributed by atoms with van der Waals surface area (Å²) in [6.45, 7) is 2.03. The zero-order valence-electron chi connectivity index (χ0n) is 7.77. The lowest BCUT2D eigenvalue weighted by Crippen LogP contribution is -2.14. The number of hydrogen-bond donors (Lipinski definition) is 1. The predicted molar refractivity (Wildman–Crippen MR) is 47.4 cm³/mol. The summed E-state index contributed by atoms with van der Waals surface area (Å²) in [4.78, 5) is 21.7. The minimum atomic E-state index is -0.569. The Labute approximate surface area is 80.6 Å². The van der Waals surface area contributed by atoms with E-state index in [1.165, 1.54) is 17.1 Å². The third kappa shape index (κ3) is 2.58. The van der Waals surface area contributed by atoms with Crippen molar-refractivity contribution in [3.63, 3.8) is 0 Å². The van der Waals surface area contributed by atoms with Crippen LogP contribution in [-0.2, 0) is 16.1 Å². The highest BCUT2D eigenvalue weighted by Crippen LogP contribution is 1.96. The van der Waals surface area contributed by atoms with Crippen LogP contribution in [0.2, 0.25) is 0 Å². The van der Waals surface area contributed by atoms with Crippen LogP contribution >= 0.6 is 0 Å². The summed E-state index contributed by atoms with van der Waals surface area (Å²) in [5, 5.41) is 3.77. The van der Waals surface area contributed by atoms with Gasteiger partial charge in [0.15, 0.2) is 0 Å². The van der Waals surface area contributed by atoms with E-state index in [4.69, 9.17) is 10.5 Å². The van der Waals surface area contributed by atoms with E-state index in [1.54, 1.807) is 6.92 Å². The van der Waals surface area contributed by atoms with Crippen LogP contribution in [0.3, 0.4) is 0 Å². The fraction of sp³-hybridized carbons (Fsp3) is 0.375. The number of aromatic nitrogens is 2. The van der Waals surface area contributed by atoms with E-state index >= 15 is 0 Å². The number of esters is 1. The maximum atomic E-state index is 11.0. The maximum absolute atomic E-state index is 11.0. The first-order valence-corrected chi connectivity index (χ1v) is 4.11. The van der Waals surface area contributed by atoms with Crippen LogP contribution in [0.4, 0.5) is 0 Å². The zero-order chi connectivity index (χ0) is 10.6. The minimum absolute atomic E-state index is 0.0128. The van der Waals surface area contributed by atoms with Crippen molar-refractivity contribution in [2.45, 2.75) is 13.5 Å². The second-order valence-corrected chi connectivity index (χ2v) is 2.60. The van der Waals surface area contributed by atoms with Crippen LogP contribution in [0.5, 0.6) is 0 Å². The largest absolute Gasteiger partial charge is 0.465 e. The van der Waals surface area contributed by atoms with Gasteiger partial charge in [0.25, 0.3) is 5.91 Å². The summed E-state index contributed by atoms with van der Waals surface area (Å²) < 4.78 is 6.00. The van der Waals surface area contributed by atoms with E-state index in [2.05, 4.69) is 5.10 Å². The average Bonchev–Trinajstić information content (AvgIpc) is 2.53. The molecule has 1 amide bonds. The fourth-order valence-corrected chi connectivity index (χ4v) is 0.916. The number of carbonyl (C=O) groups excluding carboxylic acids is 2. The molecule has 1 aromatic heterocycles.